The largest absolute Gasteiger partial charge is 0.198 e. The molecule has 3 atom stereocenters. The molecule has 0 N–H and O–H groups in total. The summed E-state index contributed by atoms with van der Waals surface area (Å²) in [6.45, 7) is 6.53. The second-order valence-corrected chi connectivity index (χ2v) is 4.14. The van der Waals surface area contributed by atoms with Crippen molar-refractivity contribution in [2.45, 2.75) is 40.0 Å². The molecular weight excluding hydrogens is 134 g/mol. The van der Waals surface area contributed by atoms with Gasteiger partial charge in [-0.2, -0.15) is 5.26 Å². The second-order valence-electron chi connectivity index (χ2n) is 4.14. The number of hydrogen-bond donors (Lipinski definition) is 0. The van der Waals surface area contributed by atoms with E-state index in [0.717, 1.165) is 12.3 Å². The van der Waals surface area contributed by atoms with E-state index in [-0.39, 0.29) is 5.41 Å². The summed E-state index contributed by atoms with van der Waals surface area (Å²) < 4.78 is 0. The fraction of sp³-hybridized carbons (Fsp3) is 0.900. The Morgan fingerprint density at radius 3 is 2.55 bits per heavy atom. The molecule has 1 aliphatic rings. The fourth-order valence-corrected chi connectivity index (χ4v) is 2.11. The number of nitriles is 1. The number of hydrogen-bond acceptors (Lipinski definition) is 1. The van der Waals surface area contributed by atoms with Crippen LogP contribution in [0.1, 0.15) is 40.0 Å². The van der Waals surface area contributed by atoms with Gasteiger partial charge in [-0.05, 0) is 31.6 Å². The van der Waals surface area contributed by atoms with E-state index in [1.54, 1.807) is 0 Å². The van der Waals surface area contributed by atoms with Crippen LogP contribution in [0.5, 0.6) is 0 Å². The maximum Gasteiger partial charge on any atom is 0.0689 e. The Labute approximate surface area is 69.4 Å². The molecule has 1 nitrogen and oxygen atoms in total. The molecule has 0 bridgehead atoms. The molecule has 1 aliphatic carbocycles. The molecule has 62 valence electrons. The molecule has 1 rings (SSSR count). The van der Waals surface area contributed by atoms with Gasteiger partial charge in [-0.15, -0.1) is 0 Å². The Bertz CT molecular complexity index is 180. The second kappa shape index (κ2) is 2.85. The van der Waals surface area contributed by atoms with Crippen molar-refractivity contribution in [3.05, 3.63) is 0 Å². The van der Waals surface area contributed by atoms with Crippen LogP contribution in [0.2, 0.25) is 0 Å². The van der Waals surface area contributed by atoms with Crippen LogP contribution < -0.4 is 0 Å². The third-order valence-corrected chi connectivity index (χ3v) is 3.32. The standard InChI is InChI=1S/C10H17N/c1-4-9-5-8(2)10(3,6-9)7-11/h8-9H,4-6H2,1-3H3. The molecule has 3 unspecified atom stereocenters. The van der Waals surface area contributed by atoms with Gasteiger partial charge in [-0.25, -0.2) is 0 Å². The maximum atomic E-state index is 8.96. The van der Waals surface area contributed by atoms with Gasteiger partial charge in [0.05, 0.1) is 11.5 Å². The summed E-state index contributed by atoms with van der Waals surface area (Å²) in [6, 6.07) is 2.45. The molecule has 0 aromatic rings. The summed E-state index contributed by atoms with van der Waals surface area (Å²) in [6.07, 6.45) is 3.60. The van der Waals surface area contributed by atoms with E-state index < -0.39 is 0 Å². The monoisotopic (exact) mass is 151 g/mol. The Hall–Kier alpha value is -0.510. The minimum absolute atomic E-state index is 0.0271. The molecule has 1 saturated carbocycles. The van der Waals surface area contributed by atoms with Crippen molar-refractivity contribution in [2.24, 2.45) is 17.3 Å². The van der Waals surface area contributed by atoms with Crippen LogP contribution in [0, 0.1) is 28.6 Å². The van der Waals surface area contributed by atoms with Crippen molar-refractivity contribution >= 4 is 0 Å². The quantitative estimate of drug-likeness (QED) is 0.565. The summed E-state index contributed by atoms with van der Waals surface area (Å²) in [5, 5.41) is 8.96. The number of nitrogens with zero attached hydrogens (tertiary/aromatic N) is 1. The third kappa shape index (κ3) is 1.40. The lowest BCUT2D eigenvalue weighted by atomic mass is 9.82. The molecular formula is C10H17N. The summed E-state index contributed by atoms with van der Waals surface area (Å²) >= 11 is 0. The number of rotatable bonds is 1. The smallest absolute Gasteiger partial charge is 0.0689 e. The Morgan fingerprint density at radius 2 is 2.27 bits per heavy atom. The average molecular weight is 151 g/mol. The molecule has 0 heterocycles. The zero-order valence-electron chi connectivity index (χ0n) is 7.72. The van der Waals surface area contributed by atoms with Crippen molar-refractivity contribution in [2.75, 3.05) is 0 Å². The lowest BCUT2D eigenvalue weighted by Crippen LogP contribution is -2.16. The van der Waals surface area contributed by atoms with Crippen LogP contribution in [-0.4, -0.2) is 0 Å². The topological polar surface area (TPSA) is 23.8 Å². The highest BCUT2D eigenvalue weighted by atomic mass is 14.5. The van der Waals surface area contributed by atoms with Gasteiger partial charge in [0.15, 0.2) is 0 Å². The molecule has 1 fully saturated rings. The van der Waals surface area contributed by atoms with Gasteiger partial charge in [-0.3, -0.25) is 0 Å². The highest BCUT2D eigenvalue weighted by molar-refractivity contribution is 5.04. The predicted molar refractivity (Wildman–Crippen MR) is 45.9 cm³/mol. The third-order valence-electron chi connectivity index (χ3n) is 3.32. The van der Waals surface area contributed by atoms with E-state index in [9.17, 15) is 0 Å². The first-order valence-corrected chi connectivity index (χ1v) is 4.53. The van der Waals surface area contributed by atoms with Gasteiger partial charge in [0.25, 0.3) is 0 Å². The van der Waals surface area contributed by atoms with E-state index in [4.69, 9.17) is 5.26 Å². The summed E-state index contributed by atoms with van der Waals surface area (Å²) in [5.41, 5.74) is -0.0271. The molecule has 0 aliphatic heterocycles. The SMILES string of the molecule is CCC1CC(C)C(C)(C#N)C1. The predicted octanol–water partition coefficient (Wildman–Crippen LogP) is 2.97. The minimum atomic E-state index is -0.0271. The van der Waals surface area contributed by atoms with E-state index >= 15 is 0 Å². The van der Waals surface area contributed by atoms with Gasteiger partial charge in [-0.1, -0.05) is 20.3 Å². The lowest BCUT2D eigenvalue weighted by Gasteiger charge is -2.18. The van der Waals surface area contributed by atoms with E-state index in [1.165, 1.54) is 12.8 Å². The van der Waals surface area contributed by atoms with Crippen LogP contribution in [-0.2, 0) is 0 Å². The minimum Gasteiger partial charge on any atom is -0.198 e. The van der Waals surface area contributed by atoms with Crippen molar-refractivity contribution in [1.82, 2.24) is 0 Å². The van der Waals surface area contributed by atoms with Crippen molar-refractivity contribution in [1.29, 1.82) is 5.26 Å². The van der Waals surface area contributed by atoms with Gasteiger partial charge in [0, 0.05) is 0 Å². The molecule has 0 radical (unpaired) electrons. The van der Waals surface area contributed by atoms with Crippen LogP contribution >= 0.6 is 0 Å². The molecule has 0 aromatic carbocycles. The van der Waals surface area contributed by atoms with E-state index in [1.807, 2.05) is 0 Å². The van der Waals surface area contributed by atoms with Gasteiger partial charge >= 0.3 is 0 Å². The van der Waals surface area contributed by atoms with Gasteiger partial charge in [0.2, 0.25) is 0 Å². The van der Waals surface area contributed by atoms with E-state index in [2.05, 4.69) is 26.8 Å². The maximum absolute atomic E-state index is 8.96. The normalized spacial score (nSPS) is 43.8. The average Bonchev–Trinajstić information content (AvgIpc) is 2.29. The Balaban J connectivity index is 2.67. The first-order chi connectivity index (χ1) is 5.12. The Morgan fingerprint density at radius 1 is 1.64 bits per heavy atom. The zero-order valence-corrected chi connectivity index (χ0v) is 7.72. The molecule has 1 heteroatoms. The van der Waals surface area contributed by atoms with Crippen LogP contribution in [0.15, 0.2) is 0 Å². The van der Waals surface area contributed by atoms with Crippen LogP contribution in [0.25, 0.3) is 0 Å². The molecule has 0 aromatic heterocycles. The van der Waals surface area contributed by atoms with Gasteiger partial charge in [0.1, 0.15) is 0 Å². The van der Waals surface area contributed by atoms with Gasteiger partial charge < -0.3 is 0 Å². The molecule has 0 amide bonds. The van der Waals surface area contributed by atoms with Crippen LogP contribution in [0.3, 0.4) is 0 Å². The first-order valence-electron chi connectivity index (χ1n) is 4.53. The van der Waals surface area contributed by atoms with Crippen LogP contribution in [0.4, 0.5) is 0 Å². The molecule has 0 spiro atoms. The summed E-state index contributed by atoms with van der Waals surface area (Å²) in [5.74, 6) is 1.40. The van der Waals surface area contributed by atoms with Crippen molar-refractivity contribution < 1.29 is 0 Å². The first kappa shape index (κ1) is 8.59. The molecule has 11 heavy (non-hydrogen) atoms. The highest BCUT2D eigenvalue weighted by Gasteiger charge is 2.40. The highest BCUT2D eigenvalue weighted by Crippen LogP contribution is 2.46. The van der Waals surface area contributed by atoms with Crippen molar-refractivity contribution in [3.63, 3.8) is 0 Å². The zero-order chi connectivity index (χ0) is 8.48. The summed E-state index contributed by atoms with van der Waals surface area (Å²) in [4.78, 5) is 0. The van der Waals surface area contributed by atoms with E-state index in [0.29, 0.717) is 5.92 Å². The Kier molecular flexibility index (Phi) is 2.23. The fourth-order valence-electron chi connectivity index (χ4n) is 2.11. The summed E-state index contributed by atoms with van der Waals surface area (Å²) in [7, 11) is 0. The molecule has 0 saturated heterocycles. The lowest BCUT2D eigenvalue weighted by molar-refractivity contribution is 0.341. The van der Waals surface area contributed by atoms with Crippen molar-refractivity contribution in [3.8, 4) is 6.07 Å².